The van der Waals surface area contributed by atoms with E-state index in [4.69, 9.17) is 4.74 Å². The maximum atomic E-state index is 12.5. The lowest BCUT2D eigenvalue weighted by Gasteiger charge is -2.18. The molecule has 1 N–H and O–H groups in total. The van der Waals surface area contributed by atoms with Crippen LogP contribution in [-0.4, -0.2) is 29.6 Å². The first kappa shape index (κ1) is 24.1. The van der Waals surface area contributed by atoms with Crippen LogP contribution in [0.15, 0.2) is 48.6 Å². The summed E-state index contributed by atoms with van der Waals surface area (Å²) in [5.74, 6) is -0.125. The minimum Gasteiger partial charge on any atom is -0.466 e. The minimum absolute atomic E-state index is 0.0194. The molecule has 0 amide bonds. The first-order valence-corrected chi connectivity index (χ1v) is 11.4. The number of carbonyl (C=O) groups is 2. The molecule has 4 nitrogen and oxygen atoms in total. The number of aliphatic hydroxyl groups is 1. The van der Waals surface area contributed by atoms with E-state index in [2.05, 4.69) is 19.1 Å². The van der Waals surface area contributed by atoms with Crippen LogP contribution < -0.4 is 0 Å². The maximum absolute atomic E-state index is 12.5. The summed E-state index contributed by atoms with van der Waals surface area (Å²) >= 11 is 0. The van der Waals surface area contributed by atoms with E-state index in [1.807, 2.05) is 37.3 Å². The quantitative estimate of drug-likeness (QED) is 0.282. The van der Waals surface area contributed by atoms with Crippen molar-refractivity contribution < 1.29 is 19.4 Å². The average molecular weight is 413 g/mol. The number of carbonyl (C=O) groups excluding carboxylic acids is 2. The number of ketones is 1. The van der Waals surface area contributed by atoms with Crippen LogP contribution in [0.25, 0.3) is 0 Å². The van der Waals surface area contributed by atoms with Crippen molar-refractivity contribution in [1.29, 1.82) is 0 Å². The lowest BCUT2D eigenvalue weighted by Crippen LogP contribution is -2.18. The highest BCUT2D eigenvalue weighted by atomic mass is 16.5. The van der Waals surface area contributed by atoms with Crippen molar-refractivity contribution in [3.8, 4) is 0 Å². The highest BCUT2D eigenvalue weighted by Gasteiger charge is 2.29. The molecule has 3 atom stereocenters. The SMILES string of the molecule is CCCCC[C@H](O)/C=C/[C@H]1C=CC(=O)[C@H]1Cc1ccccc1CCCC(=O)OCC. The van der Waals surface area contributed by atoms with E-state index < -0.39 is 6.10 Å². The summed E-state index contributed by atoms with van der Waals surface area (Å²) in [4.78, 5) is 24.1. The van der Waals surface area contributed by atoms with Gasteiger partial charge in [-0.2, -0.15) is 0 Å². The Hall–Kier alpha value is -2.20. The van der Waals surface area contributed by atoms with Gasteiger partial charge in [-0.05, 0) is 49.8 Å². The summed E-state index contributed by atoms with van der Waals surface area (Å²) in [6.45, 7) is 4.37. The predicted molar refractivity (Wildman–Crippen MR) is 120 cm³/mol. The standard InChI is InChI=1S/C26H36O4/c1-3-5-6-13-23(27)17-15-21-16-18-25(28)24(21)19-22-11-8-7-10-20(22)12-9-14-26(29)30-4-2/h7-8,10-11,15-18,21,23-24,27H,3-6,9,12-14,19H2,1-2H3/b17-15+/t21-,23-,24-/m0/s1. The van der Waals surface area contributed by atoms with Gasteiger partial charge in [-0.1, -0.05) is 68.7 Å². The highest BCUT2D eigenvalue weighted by molar-refractivity contribution is 5.95. The van der Waals surface area contributed by atoms with E-state index in [1.165, 1.54) is 5.56 Å². The van der Waals surface area contributed by atoms with Crippen LogP contribution in [0.1, 0.15) is 63.5 Å². The van der Waals surface area contributed by atoms with E-state index in [1.54, 1.807) is 6.08 Å². The molecule has 0 spiro atoms. The van der Waals surface area contributed by atoms with Crippen LogP contribution in [0.4, 0.5) is 0 Å². The predicted octanol–water partition coefficient (Wildman–Crippen LogP) is 4.98. The number of rotatable bonds is 13. The number of unbranched alkanes of at least 4 members (excludes halogenated alkanes) is 2. The molecule has 1 aromatic rings. The molecule has 4 heteroatoms. The third-order valence-corrected chi connectivity index (χ3v) is 5.66. The number of aliphatic hydroxyl groups excluding tert-OH is 1. The second-order valence-corrected chi connectivity index (χ2v) is 8.02. The van der Waals surface area contributed by atoms with Crippen LogP contribution >= 0.6 is 0 Å². The molecule has 0 heterocycles. The molecule has 0 saturated heterocycles. The number of aryl methyl sites for hydroxylation is 1. The summed E-state index contributed by atoms with van der Waals surface area (Å²) in [5, 5.41) is 10.2. The van der Waals surface area contributed by atoms with Crippen molar-refractivity contribution in [3.63, 3.8) is 0 Å². The van der Waals surface area contributed by atoms with Gasteiger partial charge in [0.1, 0.15) is 0 Å². The molecule has 0 bridgehead atoms. The van der Waals surface area contributed by atoms with Crippen LogP contribution in [0.2, 0.25) is 0 Å². The Bertz CT molecular complexity index is 734. The van der Waals surface area contributed by atoms with Gasteiger partial charge in [-0.3, -0.25) is 9.59 Å². The van der Waals surface area contributed by atoms with Crippen molar-refractivity contribution >= 4 is 11.8 Å². The van der Waals surface area contributed by atoms with Gasteiger partial charge in [0.15, 0.2) is 5.78 Å². The second-order valence-electron chi connectivity index (χ2n) is 8.02. The molecule has 0 aromatic heterocycles. The summed E-state index contributed by atoms with van der Waals surface area (Å²) in [7, 11) is 0. The van der Waals surface area contributed by atoms with Crippen LogP contribution in [-0.2, 0) is 27.2 Å². The Labute approximate surface area is 181 Å². The monoisotopic (exact) mass is 412 g/mol. The van der Waals surface area contributed by atoms with Crippen LogP contribution in [0, 0.1) is 11.8 Å². The van der Waals surface area contributed by atoms with E-state index in [-0.39, 0.29) is 23.6 Å². The molecule has 1 aromatic carbocycles. The Balaban J connectivity index is 1.96. The smallest absolute Gasteiger partial charge is 0.305 e. The molecule has 1 aliphatic carbocycles. The largest absolute Gasteiger partial charge is 0.466 e. The number of benzene rings is 1. The Morgan fingerprint density at radius 3 is 2.67 bits per heavy atom. The number of hydrogen-bond acceptors (Lipinski definition) is 4. The zero-order chi connectivity index (χ0) is 21.8. The lowest BCUT2D eigenvalue weighted by molar-refractivity contribution is -0.143. The van der Waals surface area contributed by atoms with Gasteiger partial charge < -0.3 is 9.84 Å². The number of hydrogen-bond donors (Lipinski definition) is 1. The molecule has 1 aliphatic rings. The fourth-order valence-corrected chi connectivity index (χ4v) is 3.94. The molecule has 30 heavy (non-hydrogen) atoms. The van der Waals surface area contributed by atoms with Crippen LogP contribution in [0.3, 0.4) is 0 Å². The zero-order valence-electron chi connectivity index (χ0n) is 18.4. The molecule has 0 aliphatic heterocycles. The molecule has 2 rings (SSSR count). The van der Waals surface area contributed by atoms with Crippen molar-refractivity contribution in [2.24, 2.45) is 11.8 Å². The van der Waals surface area contributed by atoms with E-state index in [0.717, 1.165) is 44.1 Å². The molecule has 0 saturated carbocycles. The Morgan fingerprint density at radius 2 is 1.93 bits per heavy atom. The van der Waals surface area contributed by atoms with Gasteiger partial charge in [0.25, 0.3) is 0 Å². The number of allylic oxidation sites excluding steroid dienone is 3. The number of ether oxygens (including phenoxy) is 1. The molecule has 0 unspecified atom stereocenters. The van der Waals surface area contributed by atoms with Crippen molar-refractivity contribution in [2.75, 3.05) is 6.61 Å². The van der Waals surface area contributed by atoms with Gasteiger partial charge in [0.2, 0.25) is 0 Å². The normalized spacial score (nSPS) is 19.5. The average Bonchev–Trinajstić information content (AvgIpc) is 3.07. The van der Waals surface area contributed by atoms with Crippen molar-refractivity contribution in [3.05, 3.63) is 59.7 Å². The third-order valence-electron chi connectivity index (χ3n) is 5.66. The van der Waals surface area contributed by atoms with E-state index >= 15 is 0 Å². The third kappa shape index (κ3) is 7.91. The van der Waals surface area contributed by atoms with Gasteiger partial charge in [0.05, 0.1) is 12.7 Å². The van der Waals surface area contributed by atoms with Gasteiger partial charge in [0, 0.05) is 18.3 Å². The topological polar surface area (TPSA) is 63.6 Å². The molecule has 164 valence electrons. The van der Waals surface area contributed by atoms with Gasteiger partial charge in [-0.15, -0.1) is 0 Å². The Morgan fingerprint density at radius 1 is 1.17 bits per heavy atom. The molecular weight excluding hydrogens is 376 g/mol. The summed E-state index contributed by atoms with van der Waals surface area (Å²) < 4.78 is 5.00. The fraction of sp³-hybridized carbons (Fsp3) is 0.538. The first-order valence-electron chi connectivity index (χ1n) is 11.4. The minimum atomic E-state index is -0.448. The lowest BCUT2D eigenvalue weighted by atomic mass is 9.85. The maximum Gasteiger partial charge on any atom is 0.305 e. The van der Waals surface area contributed by atoms with Gasteiger partial charge >= 0.3 is 5.97 Å². The Kier molecular flexibility index (Phi) is 10.6. The summed E-state index contributed by atoms with van der Waals surface area (Å²) in [5.41, 5.74) is 2.34. The first-order chi connectivity index (χ1) is 14.5. The van der Waals surface area contributed by atoms with Gasteiger partial charge in [-0.25, -0.2) is 0 Å². The van der Waals surface area contributed by atoms with E-state index in [0.29, 0.717) is 19.4 Å². The van der Waals surface area contributed by atoms with Crippen molar-refractivity contribution in [1.82, 2.24) is 0 Å². The molecular formula is C26H36O4. The summed E-state index contributed by atoms with van der Waals surface area (Å²) in [6.07, 6.45) is 13.7. The van der Waals surface area contributed by atoms with E-state index in [9.17, 15) is 14.7 Å². The second kappa shape index (κ2) is 13.2. The zero-order valence-corrected chi connectivity index (χ0v) is 18.4. The highest BCUT2D eigenvalue weighted by Crippen LogP contribution is 2.29. The molecule has 0 fully saturated rings. The van der Waals surface area contributed by atoms with Crippen molar-refractivity contribution in [2.45, 2.75) is 71.3 Å². The summed E-state index contributed by atoms with van der Waals surface area (Å²) in [6, 6.07) is 8.16. The molecule has 0 radical (unpaired) electrons. The van der Waals surface area contributed by atoms with Crippen LogP contribution in [0.5, 0.6) is 0 Å². The fourth-order valence-electron chi connectivity index (χ4n) is 3.94. The number of esters is 1.